The van der Waals surface area contributed by atoms with Crippen LogP contribution in [0.5, 0.6) is 5.75 Å². The van der Waals surface area contributed by atoms with E-state index in [1.54, 1.807) is 7.11 Å². The first-order valence-corrected chi connectivity index (χ1v) is 7.51. The Morgan fingerprint density at radius 2 is 1.95 bits per heavy atom. The molecule has 1 aromatic rings. The van der Waals surface area contributed by atoms with E-state index in [0.717, 1.165) is 12.3 Å². The van der Waals surface area contributed by atoms with Crippen molar-refractivity contribution >= 4 is 0 Å². The molecule has 0 aromatic heterocycles. The third kappa shape index (κ3) is 4.54. The van der Waals surface area contributed by atoms with Gasteiger partial charge in [-0.05, 0) is 37.9 Å². The molecule has 2 nitrogen and oxygen atoms in total. The fourth-order valence-electron chi connectivity index (χ4n) is 2.60. The van der Waals surface area contributed by atoms with Crippen LogP contribution in [0.1, 0.15) is 57.1 Å². The van der Waals surface area contributed by atoms with Crippen LogP contribution in [-0.2, 0) is 0 Å². The summed E-state index contributed by atoms with van der Waals surface area (Å²) >= 11 is 0. The molecule has 1 N–H and O–H groups in total. The third-order valence-corrected chi connectivity index (χ3v) is 3.74. The molecule has 0 aliphatic heterocycles. The highest BCUT2D eigenvalue weighted by Crippen LogP contribution is 2.31. The zero-order valence-corrected chi connectivity index (χ0v) is 13.1. The van der Waals surface area contributed by atoms with Crippen LogP contribution >= 0.6 is 0 Å². The number of ether oxygens (including phenoxy) is 1. The molecule has 1 rings (SSSR count). The molecule has 0 saturated heterocycles. The van der Waals surface area contributed by atoms with Gasteiger partial charge in [0.1, 0.15) is 5.75 Å². The standard InChI is InChI=1S/C17H29NO/c1-6-8-16(18-11-7-2)14(4)15-12-13(3)9-10-17(15)19-5/h9-10,12,14,16,18H,6-8,11H2,1-5H3. The lowest BCUT2D eigenvalue weighted by molar-refractivity contribution is 0.383. The summed E-state index contributed by atoms with van der Waals surface area (Å²) in [5, 5.41) is 3.68. The van der Waals surface area contributed by atoms with Crippen molar-refractivity contribution in [1.82, 2.24) is 5.32 Å². The zero-order chi connectivity index (χ0) is 14.3. The van der Waals surface area contributed by atoms with Crippen molar-refractivity contribution in [2.75, 3.05) is 13.7 Å². The monoisotopic (exact) mass is 263 g/mol. The Hall–Kier alpha value is -1.02. The quantitative estimate of drug-likeness (QED) is 0.756. The van der Waals surface area contributed by atoms with E-state index >= 15 is 0 Å². The maximum atomic E-state index is 5.53. The number of rotatable bonds is 8. The van der Waals surface area contributed by atoms with Gasteiger partial charge in [0, 0.05) is 12.0 Å². The minimum absolute atomic E-state index is 0.473. The molecule has 2 heteroatoms. The van der Waals surface area contributed by atoms with Gasteiger partial charge in [0.25, 0.3) is 0 Å². The molecule has 2 unspecified atom stereocenters. The summed E-state index contributed by atoms with van der Waals surface area (Å²) in [5.41, 5.74) is 2.62. The second kappa shape index (κ2) is 8.21. The van der Waals surface area contributed by atoms with Gasteiger partial charge in [-0.2, -0.15) is 0 Å². The van der Waals surface area contributed by atoms with E-state index in [4.69, 9.17) is 4.74 Å². The Bertz CT molecular complexity index is 376. The highest BCUT2D eigenvalue weighted by molar-refractivity contribution is 5.39. The highest BCUT2D eigenvalue weighted by Gasteiger charge is 2.20. The first-order chi connectivity index (χ1) is 9.13. The Kier molecular flexibility index (Phi) is 6.93. The number of benzene rings is 1. The Labute approximate surface area is 118 Å². The van der Waals surface area contributed by atoms with Crippen molar-refractivity contribution in [3.05, 3.63) is 29.3 Å². The summed E-state index contributed by atoms with van der Waals surface area (Å²) in [6, 6.07) is 6.99. The van der Waals surface area contributed by atoms with Crippen LogP contribution in [0.15, 0.2) is 18.2 Å². The molecule has 1 aromatic carbocycles. The molecule has 2 atom stereocenters. The van der Waals surface area contributed by atoms with Crippen LogP contribution < -0.4 is 10.1 Å². The van der Waals surface area contributed by atoms with Crippen molar-refractivity contribution in [3.8, 4) is 5.75 Å². The van der Waals surface area contributed by atoms with Gasteiger partial charge >= 0.3 is 0 Å². The summed E-state index contributed by atoms with van der Waals surface area (Å²) in [5.74, 6) is 1.49. The van der Waals surface area contributed by atoms with E-state index in [9.17, 15) is 0 Å². The van der Waals surface area contributed by atoms with Gasteiger partial charge in [-0.25, -0.2) is 0 Å². The van der Waals surface area contributed by atoms with E-state index < -0.39 is 0 Å². The number of nitrogens with one attached hydrogen (secondary N) is 1. The lowest BCUT2D eigenvalue weighted by Gasteiger charge is -2.27. The van der Waals surface area contributed by atoms with Crippen LogP contribution in [0.3, 0.4) is 0 Å². The van der Waals surface area contributed by atoms with Crippen LogP contribution in [0.25, 0.3) is 0 Å². The molecule has 0 bridgehead atoms. The molecule has 0 heterocycles. The number of aryl methyl sites for hydroxylation is 1. The van der Waals surface area contributed by atoms with E-state index in [1.165, 1.54) is 30.4 Å². The molecule has 0 amide bonds. The first-order valence-electron chi connectivity index (χ1n) is 7.51. The molecule has 0 spiro atoms. The number of hydrogen-bond acceptors (Lipinski definition) is 2. The van der Waals surface area contributed by atoms with Crippen LogP contribution in [0.4, 0.5) is 0 Å². The van der Waals surface area contributed by atoms with Crippen molar-refractivity contribution in [2.45, 2.75) is 58.9 Å². The predicted octanol–water partition coefficient (Wildman–Crippen LogP) is 4.28. The molecule has 0 aliphatic rings. The Morgan fingerprint density at radius 3 is 2.53 bits per heavy atom. The zero-order valence-electron chi connectivity index (χ0n) is 13.1. The van der Waals surface area contributed by atoms with Crippen LogP contribution in [0.2, 0.25) is 0 Å². The predicted molar refractivity (Wildman–Crippen MR) is 83.1 cm³/mol. The van der Waals surface area contributed by atoms with Gasteiger partial charge in [0.15, 0.2) is 0 Å². The maximum absolute atomic E-state index is 5.53. The van der Waals surface area contributed by atoms with Crippen molar-refractivity contribution in [1.29, 1.82) is 0 Å². The topological polar surface area (TPSA) is 21.3 Å². The van der Waals surface area contributed by atoms with Gasteiger partial charge in [-0.3, -0.25) is 0 Å². The van der Waals surface area contributed by atoms with Crippen LogP contribution in [-0.4, -0.2) is 19.7 Å². The number of methoxy groups -OCH3 is 1. The van der Waals surface area contributed by atoms with Crippen molar-refractivity contribution < 1.29 is 4.74 Å². The summed E-state index contributed by atoms with van der Waals surface area (Å²) in [6.45, 7) is 10.0. The number of hydrogen-bond donors (Lipinski definition) is 1. The van der Waals surface area contributed by atoms with Crippen molar-refractivity contribution in [3.63, 3.8) is 0 Å². The molecule has 108 valence electrons. The maximum Gasteiger partial charge on any atom is 0.122 e. The largest absolute Gasteiger partial charge is 0.496 e. The van der Waals surface area contributed by atoms with Gasteiger partial charge in [-0.15, -0.1) is 0 Å². The second-order valence-electron chi connectivity index (χ2n) is 5.38. The van der Waals surface area contributed by atoms with E-state index in [-0.39, 0.29) is 0 Å². The molecule has 0 radical (unpaired) electrons. The molecule has 0 fully saturated rings. The van der Waals surface area contributed by atoms with Crippen molar-refractivity contribution in [2.24, 2.45) is 0 Å². The second-order valence-corrected chi connectivity index (χ2v) is 5.38. The van der Waals surface area contributed by atoms with Crippen LogP contribution in [0, 0.1) is 6.92 Å². The minimum Gasteiger partial charge on any atom is -0.496 e. The molecular formula is C17H29NO. The fraction of sp³-hybridized carbons (Fsp3) is 0.647. The smallest absolute Gasteiger partial charge is 0.122 e. The first kappa shape index (κ1) is 16.0. The lowest BCUT2D eigenvalue weighted by atomic mass is 9.89. The highest BCUT2D eigenvalue weighted by atomic mass is 16.5. The van der Waals surface area contributed by atoms with E-state index in [1.807, 2.05) is 0 Å². The van der Waals surface area contributed by atoms with Gasteiger partial charge in [0.2, 0.25) is 0 Å². The van der Waals surface area contributed by atoms with Gasteiger partial charge < -0.3 is 10.1 Å². The van der Waals surface area contributed by atoms with Gasteiger partial charge in [0.05, 0.1) is 7.11 Å². The summed E-state index contributed by atoms with van der Waals surface area (Å²) in [6.07, 6.45) is 3.59. The summed E-state index contributed by atoms with van der Waals surface area (Å²) in [4.78, 5) is 0. The summed E-state index contributed by atoms with van der Waals surface area (Å²) < 4.78 is 5.53. The SMILES string of the molecule is CCCNC(CCC)C(C)c1cc(C)ccc1OC. The summed E-state index contributed by atoms with van der Waals surface area (Å²) in [7, 11) is 1.76. The molecule has 19 heavy (non-hydrogen) atoms. The Balaban J connectivity index is 2.93. The third-order valence-electron chi connectivity index (χ3n) is 3.74. The van der Waals surface area contributed by atoms with Gasteiger partial charge in [-0.1, -0.05) is 44.9 Å². The average Bonchev–Trinajstić information content (AvgIpc) is 2.42. The molecular weight excluding hydrogens is 234 g/mol. The van der Waals surface area contributed by atoms with E-state index in [2.05, 4.69) is 51.2 Å². The van der Waals surface area contributed by atoms with E-state index in [0.29, 0.717) is 12.0 Å². The normalized spacial score (nSPS) is 14.2. The Morgan fingerprint density at radius 1 is 1.21 bits per heavy atom. The molecule has 0 aliphatic carbocycles. The minimum atomic E-state index is 0.473. The molecule has 0 saturated carbocycles. The average molecular weight is 263 g/mol. The lowest BCUT2D eigenvalue weighted by Crippen LogP contribution is -2.34. The fourth-order valence-corrected chi connectivity index (χ4v) is 2.60.